The lowest BCUT2D eigenvalue weighted by Crippen LogP contribution is -2.45. The van der Waals surface area contributed by atoms with Gasteiger partial charge in [-0.1, -0.05) is 6.42 Å². The normalized spacial score (nSPS) is 23.4. The van der Waals surface area contributed by atoms with Gasteiger partial charge in [-0.15, -0.1) is 24.0 Å². The summed E-state index contributed by atoms with van der Waals surface area (Å²) in [6.07, 6.45) is 1.58. The number of nitrogens with zero attached hydrogens (tertiary/aromatic N) is 3. The number of hydrogen-bond acceptors (Lipinski definition) is 3. The zero-order valence-corrected chi connectivity index (χ0v) is 17.3. The summed E-state index contributed by atoms with van der Waals surface area (Å²) in [5.41, 5.74) is 0. The molecule has 0 aromatic carbocycles. The van der Waals surface area contributed by atoms with Crippen LogP contribution in [0, 0.1) is 0 Å². The molecule has 0 spiro atoms. The lowest BCUT2D eigenvalue weighted by atomic mass is 10.1. The summed E-state index contributed by atoms with van der Waals surface area (Å²) in [5.74, 6) is 0.688. The largest absolute Gasteiger partial charge is 0.401 e. The van der Waals surface area contributed by atoms with Gasteiger partial charge in [-0.2, -0.15) is 13.2 Å². The van der Waals surface area contributed by atoms with Crippen molar-refractivity contribution in [3.8, 4) is 0 Å². The molecule has 2 fully saturated rings. The molecule has 0 bridgehead atoms. The van der Waals surface area contributed by atoms with Crippen molar-refractivity contribution >= 4 is 29.9 Å². The van der Waals surface area contributed by atoms with Crippen molar-refractivity contribution < 1.29 is 13.2 Å². The number of hydrogen-bond donors (Lipinski definition) is 2. The average molecular weight is 477 g/mol. The molecule has 2 aliphatic rings. The fraction of sp³-hybridized carbons (Fsp3) is 0.938. The number of rotatable bonds is 6. The smallest absolute Gasteiger partial charge is 0.356 e. The molecule has 2 rings (SSSR count). The Balaban J connectivity index is 0.00000312. The zero-order chi connectivity index (χ0) is 17.4. The van der Waals surface area contributed by atoms with E-state index in [1.807, 2.05) is 0 Å². The van der Waals surface area contributed by atoms with Gasteiger partial charge in [0.1, 0.15) is 0 Å². The van der Waals surface area contributed by atoms with Gasteiger partial charge in [0, 0.05) is 32.7 Å². The van der Waals surface area contributed by atoms with E-state index < -0.39 is 12.7 Å². The Labute approximate surface area is 165 Å². The molecule has 2 aliphatic heterocycles. The average Bonchev–Trinajstić information content (AvgIpc) is 2.96. The fourth-order valence-corrected chi connectivity index (χ4v) is 3.43. The molecule has 0 aliphatic carbocycles. The van der Waals surface area contributed by atoms with Crippen LogP contribution in [0.5, 0.6) is 0 Å². The van der Waals surface area contributed by atoms with E-state index in [1.54, 1.807) is 7.05 Å². The number of piperidine rings is 1. The summed E-state index contributed by atoms with van der Waals surface area (Å²) in [6.45, 7) is 4.38. The highest BCUT2D eigenvalue weighted by molar-refractivity contribution is 14.0. The van der Waals surface area contributed by atoms with E-state index in [1.165, 1.54) is 37.3 Å². The Morgan fingerprint density at radius 1 is 1.12 bits per heavy atom. The van der Waals surface area contributed by atoms with E-state index in [4.69, 9.17) is 0 Å². The molecule has 0 aromatic heterocycles. The van der Waals surface area contributed by atoms with Crippen LogP contribution in [0.2, 0.25) is 0 Å². The Kier molecular flexibility index (Phi) is 10.4. The summed E-state index contributed by atoms with van der Waals surface area (Å²) >= 11 is 0. The quantitative estimate of drug-likeness (QED) is 0.267. The highest BCUT2D eigenvalue weighted by Gasteiger charge is 2.34. The van der Waals surface area contributed by atoms with Crippen molar-refractivity contribution in [1.29, 1.82) is 0 Å². The van der Waals surface area contributed by atoms with Gasteiger partial charge in [-0.3, -0.25) is 9.89 Å². The highest BCUT2D eigenvalue weighted by Crippen LogP contribution is 2.19. The molecule has 2 N–H and O–H groups in total. The van der Waals surface area contributed by atoms with Crippen LogP contribution in [-0.2, 0) is 0 Å². The molecule has 1 atom stereocenters. The minimum absolute atomic E-state index is 0. The zero-order valence-electron chi connectivity index (χ0n) is 14.9. The Bertz CT molecular complexity index is 400. The van der Waals surface area contributed by atoms with Gasteiger partial charge in [0.15, 0.2) is 5.96 Å². The minimum atomic E-state index is -4.12. The van der Waals surface area contributed by atoms with E-state index in [2.05, 4.69) is 20.5 Å². The monoisotopic (exact) mass is 477 g/mol. The standard InChI is InChI=1S/C16H30F3N5.HI/c1-20-15(21-7-5-10-23-8-3-2-4-9-23)22-14-6-11-24(12-14)13-16(17,18)19;/h14H,2-13H2,1H3,(H2,20,21,22);1H. The second-order valence-electron chi connectivity index (χ2n) is 6.74. The van der Waals surface area contributed by atoms with Crippen LogP contribution in [0.3, 0.4) is 0 Å². The summed E-state index contributed by atoms with van der Waals surface area (Å²) in [5, 5.41) is 6.51. The molecule has 9 heteroatoms. The molecular weight excluding hydrogens is 446 g/mol. The predicted molar refractivity (Wildman–Crippen MR) is 106 cm³/mol. The SMILES string of the molecule is CN=C(NCCCN1CCCCC1)NC1CCN(CC(F)(F)F)C1.I. The number of likely N-dealkylation sites (tertiary alicyclic amines) is 2. The summed E-state index contributed by atoms with van der Waals surface area (Å²) in [4.78, 5) is 8.11. The van der Waals surface area contributed by atoms with Crippen LogP contribution >= 0.6 is 24.0 Å². The van der Waals surface area contributed by atoms with E-state index in [0.29, 0.717) is 25.5 Å². The van der Waals surface area contributed by atoms with Crippen molar-refractivity contribution in [3.05, 3.63) is 0 Å². The number of aliphatic imine (C=N–C) groups is 1. The lowest BCUT2D eigenvalue weighted by molar-refractivity contribution is -0.143. The van der Waals surface area contributed by atoms with E-state index in [9.17, 15) is 13.2 Å². The topological polar surface area (TPSA) is 42.9 Å². The van der Waals surface area contributed by atoms with Gasteiger partial charge < -0.3 is 15.5 Å². The second kappa shape index (κ2) is 11.4. The van der Waals surface area contributed by atoms with Crippen LogP contribution in [0.15, 0.2) is 4.99 Å². The minimum Gasteiger partial charge on any atom is -0.356 e. The third kappa shape index (κ3) is 9.28. The Morgan fingerprint density at radius 3 is 2.48 bits per heavy atom. The van der Waals surface area contributed by atoms with Crippen molar-refractivity contribution in [2.24, 2.45) is 4.99 Å². The van der Waals surface area contributed by atoms with Crippen LogP contribution in [-0.4, -0.2) is 80.8 Å². The van der Waals surface area contributed by atoms with E-state index in [-0.39, 0.29) is 30.0 Å². The molecule has 0 radical (unpaired) electrons. The van der Waals surface area contributed by atoms with Gasteiger partial charge in [0.2, 0.25) is 0 Å². The van der Waals surface area contributed by atoms with Crippen molar-refractivity contribution in [2.75, 3.05) is 52.9 Å². The highest BCUT2D eigenvalue weighted by atomic mass is 127. The molecule has 1 unspecified atom stereocenters. The van der Waals surface area contributed by atoms with Crippen LogP contribution in [0.25, 0.3) is 0 Å². The van der Waals surface area contributed by atoms with Gasteiger partial charge >= 0.3 is 6.18 Å². The summed E-state index contributed by atoms with van der Waals surface area (Å²) in [6, 6.07) is 0.0284. The molecule has 0 saturated carbocycles. The number of alkyl halides is 3. The Hall–Kier alpha value is -0.290. The van der Waals surface area contributed by atoms with Gasteiger partial charge in [0.25, 0.3) is 0 Å². The first kappa shape index (κ1) is 22.8. The van der Waals surface area contributed by atoms with Crippen molar-refractivity contribution in [1.82, 2.24) is 20.4 Å². The maximum Gasteiger partial charge on any atom is 0.401 e. The third-order valence-electron chi connectivity index (χ3n) is 4.63. The van der Waals surface area contributed by atoms with E-state index in [0.717, 1.165) is 19.5 Å². The van der Waals surface area contributed by atoms with Crippen molar-refractivity contribution in [2.45, 2.75) is 44.3 Å². The molecule has 148 valence electrons. The first-order chi connectivity index (χ1) is 11.5. The summed E-state index contributed by atoms with van der Waals surface area (Å²) in [7, 11) is 1.70. The summed E-state index contributed by atoms with van der Waals surface area (Å²) < 4.78 is 37.3. The molecule has 0 aromatic rings. The first-order valence-corrected chi connectivity index (χ1v) is 8.95. The molecule has 2 saturated heterocycles. The third-order valence-corrected chi connectivity index (χ3v) is 4.63. The molecular formula is C16H31F3IN5. The molecule has 2 heterocycles. The molecule has 5 nitrogen and oxygen atoms in total. The van der Waals surface area contributed by atoms with Gasteiger partial charge in [-0.05, 0) is 45.3 Å². The number of guanidine groups is 1. The van der Waals surface area contributed by atoms with E-state index >= 15 is 0 Å². The van der Waals surface area contributed by atoms with Gasteiger partial charge in [0.05, 0.1) is 6.54 Å². The maximum atomic E-state index is 12.4. The molecule has 25 heavy (non-hydrogen) atoms. The van der Waals surface area contributed by atoms with Gasteiger partial charge in [-0.25, -0.2) is 0 Å². The first-order valence-electron chi connectivity index (χ1n) is 8.95. The fourth-order valence-electron chi connectivity index (χ4n) is 3.43. The Morgan fingerprint density at radius 2 is 1.84 bits per heavy atom. The maximum absolute atomic E-state index is 12.4. The van der Waals surface area contributed by atoms with Crippen LogP contribution in [0.1, 0.15) is 32.1 Å². The molecule has 0 amide bonds. The number of nitrogens with one attached hydrogen (secondary N) is 2. The van der Waals surface area contributed by atoms with Crippen molar-refractivity contribution in [3.63, 3.8) is 0 Å². The lowest BCUT2D eigenvalue weighted by Gasteiger charge is -2.26. The second-order valence-corrected chi connectivity index (χ2v) is 6.74. The van der Waals surface area contributed by atoms with Crippen LogP contribution in [0.4, 0.5) is 13.2 Å². The predicted octanol–water partition coefficient (Wildman–Crippen LogP) is 2.28. The number of halogens is 4. The van der Waals surface area contributed by atoms with Crippen LogP contribution < -0.4 is 10.6 Å².